The minimum Gasteiger partial charge on any atom is -0.386 e. The molecule has 2 aromatic rings. The second-order valence-electron chi connectivity index (χ2n) is 5.35. The normalized spacial score (nSPS) is 19.7. The number of hydrogen-bond donors (Lipinski definition) is 2. The summed E-state index contributed by atoms with van der Waals surface area (Å²) in [7, 11) is 0. The number of benzene rings is 1. The molecule has 2 heterocycles. The van der Waals surface area contributed by atoms with E-state index < -0.39 is 6.10 Å². The molecule has 100 valence electrons. The molecule has 2 unspecified atom stereocenters. The SMILES string of the molecule is CC(C)n1cc(C(O)C2NCc3ccccc32)cn1. The van der Waals surface area contributed by atoms with Gasteiger partial charge in [0, 0.05) is 24.3 Å². The van der Waals surface area contributed by atoms with Gasteiger partial charge in [0.25, 0.3) is 0 Å². The first-order chi connectivity index (χ1) is 9.16. The smallest absolute Gasteiger partial charge is 0.101 e. The summed E-state index contributed by atoms with van der Waals surface area (Å²) >= 11 is 0. The lowest BCUT2D eigenvalue weighted by molar-refractivity contribution is 0.133. The van der Waals surface area contributed by atoms with Crippen molar-refractivity contribution in [2.24, 2.45) is 0 Å². The van der Waals surface area contributed by atoms with Crippen LogP contribution >= 0.6 is 0 Å². The zero-order chi connectivity index (χ0) is 13.4. The molecule has 1 aliphatic heterocycles. The first-order valence-electron chi connectivity index (χ1n) is 6.70. The Morgan fingerprint density at radius 2 is 2.16 bits per heavy atom. The average Bonchev–Trinajstić information content (AvgIpc) is 3.05. The Labute approximate surface area is 113 Å². The molecule has 0 fully saturated rings. The maximum Gasteiger partial charge on any atom is 0.101 e. The van der Waals surface area contributed by atoms with E-state index in [-0.39, 0.29) is 6.04 Å². The van der Waals surface area contributed by atoms with Crippen LogP contribution in [0.25, 0.3) is 0 Å². The van der Waals surface area contributed by atoms with Crippen molar-refractivity contribution in [3.8, 4) is 0 Å². The van der Waals surface area contributed by atoms with E-state index in [0.717, 1.165) is 12.1 Å². The van der Waals surface area contributed by atoms with Crippen molar-refractivity contribution < 1.29 is 5.11 Å². The van der Waals surface area contributed by atoms with Gasteiger partial charge in [-0.05, 0) is 25.0 Å². The third kappa shape index (κ3) is 2.17. The molecule has 1 aliphatic rings. The van der Waals surface area contributed by atoms with Gasteiger partial charge in [-0.3, -0.25) is 4.68 Å². The molecule has 4 heteroatoms. The molecule has 0 saturated carbocycles. The van der Waals surface area contributed by atoms with E-state index in [4.69, 9.17) is 0 Å². The quantitative estimate of drug-likeness (QED) is 0.887. The van der Waals surface area contributed by atoms with Gasteiger partial charge in [0.1, 0.15) is 6.10 Å². The van der Waals surface area contributed by atoms with Crippen LogP contribution in [0.4, 0.5) is 0 Å². The Morgan fingerprint density at radius 1 is 1.37 bits per heavy atom. The molecule has 2 N–H and O–H groups in total. The molecule has 19 heavy (non-hydrogen) atoms. The summed E-state index contributed by atoms with van der Waals surface area (Å²) in [6, 6.07) is 8.50. The number of fused-ring (bicyclic) bond motifs is 1. The van der Waals surface area contributed by atoms with Crippen LogP contribution in [0, 0.1) is 0 Å². The second kappa shape index (κ2) is 4.79. The fourth-order valence-electron chi connectivity index (χ4n) is 2.59. The highest BCUT2D eigenvalue weighted by molar-refractivity contribution is 5.35. The van der Waals surface area contributed by atoms with Crippen molar-refractivity contribution in [2.75, 3.05) is 0 Å². The summed E-state index contributed by atoms with van der Waals surface area (Å²) in [5.74, 6) is 0. The van der Waals surface area contributed by atoms with Crippen molar-refractivity contribution in [1.29, 1.82) is 0 Å². The topological polar surface area (TPSA) is 50.1 Å². The molecule has 2 atom stereocenters. The highest BCUT2D eigenvalue weighted by atomic mass is 16.3. The molecule has 3 rings (SSSR count). The predicted octanol–water partition coefficient (Wildman–Crippen LogP) is 2.34. The molecule has 4 nitrogen and oxygen atoms in total. The van der Waals surface area contributed by atoms with E-state index in [2.05, 4.69) is 36.4 Å². The summed E-state index contributed by atoms with van der Waals surface area (Å²) in [4.78, 5) is 0. The first-order valence-corrected chi connectivity index (χ1v) is 6.70. The summed E-state index contributed by atoms with van der Waals surface area (Å²) in [6.45, 7) is 4.97. The Morgan fingerprint density at radius 3 is 2.89 bits per heavy atom. The zero-order valence-electron chi connectivity index (χ0n) is 11.2. The summed E-state index contributed by atoms with van der Waals surface area (Å²) < 4.78 is 1.87. The first kappa shape index (κ1) is 12.4. The number of nitrogens with one attached hydrogen (secondary N) is 1. The van der Waals surface area contributed by atoms with E-state index in [0.29, 0.717) is 6.04 Å². The minimum atomic E-state index is -0.559. The summed E-state index contributed by atoms with van der Waals surface area (Å²) in [6.07, 6.45) is 3.13. The molecule has 0 bridgehead atoms. The standard InChI is InChI=1S/C15H19N3O/c1-10(2)18-9-12(8-17-18)15(19)14-13-6-4-3-5-11(13)7-16-14/h3-6,8-10,14-16,19H,7H2,1-2H3. The average molecular weight is 257 g/mol. The lowest BCUT2D eigenvalue weighted by Crippen LogP contribution is -2.20. The highest BCUT2D eigenvalue weighted by Crippen LogP contribution is 2.34. The van der Waals surface area contributed by atoms with Crippen molar-refractivity contribution in [1.82, 2.24) is 15.1 Å². The Kier molecular flexibility index (Phi) is 3.12. The van der Waals surface area contributed by atoms with Crippen LogP contribution in [0.5, 0.6) is 0 Å². The monoisotopic (exact) mass is 257 g/mol. The van der Waals surface area contributed by atoms with E-state index in [1.54, 1.807) is 6.20 Å². The van der Waals surface area contributed by atoms with Crippen LogP contribution in [-0.4, -0.2) is 14.9 Å². The molecule has 0 spiro atoms. The van der Waals surface area contributed by atoms with E-state index in [1.165, 1.54) is 11.1 Å². The maximum atomic E-state index is 10.5. The van der Waals surface area contributed by atoms with Gasteiger partial charge in [0.2, 0.25) is 0 Å². The van der Waals surface area contributed by atoms with Gasteiger partial charge in [0.15, 0.2) is 0 Å². The van der Waals surface area contributed by atoms with Crippen LogP contribution in [0.2, 0.25) is 0 Å². The van der Waals surface area contributed by atoms with Gasteiger partial charge in [-0.2, -0.15) is 5.10 Å². The van der Waals surface area contributed by atoms with Gasteiger partial charge >= 0.3 is 0 Å². The lowest BCUT2D eigenvalue weighted by Gasteiger charge is -2.18. The van der Waals surface area contributed by atoms with Crippen LogP contribution in [-0.2, 0) is 6.54 Å². The molecule has 0 aliphatic carbocycles. The largest absolute Gasteiger partial charge is 0.386 e. The van der Waals surface area contributed by atoms with Crippen molar-refractivity contribution in [3.63, 3.8) is 0 Å². The third-order valence-electron chi connectivity index (χ3n) is 3.71. The fraction of sp³-hybridized carbons (Fsp3) is 0.400. The van der Waals surface area contributed by atoms with Crippen molar-refractivity contribution in [3.05, 3.63) is 53.3 Å². The van der Waals surface area contributed by atoms with E-state index in [9.17, 15) is 5.11 Å². The molecular weight excluding hydrogens is 238 g/mol. The van der Waals surface area contributed by atoms with Crippen molar-refractivity contribution >= 4 is 0 Å². The van der Waals surface area contributed by atoms with Gasteiger partial charge < -0.3 is 10.4 Å². The number of hydrogen-bond acceptors (Lipinski definition) is 3. The number of aliphatic hydroxyl groups is 1. The van der Waals surface area contributed by atoms with Gasteiger partial charge in [-0.25, -0.2) is 0 Å². The minimum absolute atomic E-state index is 0.0407. The Hall–Kier alpha value is -1.65. The molecule has 0 radical (unpaired) electrons. The maximum absolute atomic E-state index is 10.5. The van der Waals surface area contributed by atoms with Crippen LogP contribution in [0.1, 0.15) is 48.7 Å². The summed E-state index contributed by atoms with van der Waals surface area (Å²) in [5, 5.41) is 18.2. The zero-order valence-corrected chi connectivity index (χ0v) is 11.2. The molecule has 0 saturated heterocycles. The number of aromatic nitrogens is 2. The van der Waals surface area contributed by atoms with Crippen molar-refractivity contribution in [2.45, 2.75) is 38.6 Å². The predicted molar refractivity (Wildman–Crippen MR) is 73.6 cm³/mol. The molecule has 1 aromatic carbocycles. The van der Waals surface area contributed by atoms with Gasteiger partial charge in [-0.15, -0.1) is 0 Å². The van der Waals surface area contributed by atoms with E-state index >= 15 is 0 Å². The number of rotatable bonds is 3. The Balaban J connectivity index is 1.86. The number of aliphatic hydroxyl groups excluding tert-OH is 1. The highest BCUT2D eigenvalue weighted by Gasteiger charge is 2.29. The summed E-state index contributed by atoms with van der Waals surface area (Å²) in [5.41, 5.74) is 3.32. The van der Waals surface area contributed by atoms with E-state index in [1.807, 2.05) is 23.0 Å². The third-order valence-corrected chi connectivity index (χ3v) is 3.71. The van der Waals surface area contributed by atoms with Gasteiger partial charge in [-0.1, -0.05) is 24.3 Å². The van der Waals surface area contributed by atoms with Gasteiger partial charge in [0.05, 0.1) is 12.2 Å². The van der Waals surface area contributed by atoms with Crippen LogP contribution < -0.4 is 5.32 Å². The Bertz CT molecular complexity index is 576. The number of nitrogens with zero attached hydrogens (tertiary/aromatic N) is 2. The fourth-order valence-corrected chi connectivity index (χ4v) is 2.59. The molecular formula is C15H19N3O. The molecule has 0 amide bonds. The van der Waals surface area contributed by atoms with Crippen LogP contribution in [0.3, 0.4) is 0 Å². The van der Waals surface area contributed by atoms with Crippen LogP contribution in [0.15, 0.2) is 36.7 Å². The second-order valence-corrected chi connectivity index (χ2v) is 5.35. The molecule has 1 aromatic heterocycles. The lowest BCUT2D eigenvalue weighted by atomic mass is 9.98.